The summed E-state index contributed by atoms with van der Waals surface area (Å²) in [5.41, 5.74) is 0. The van der Waals surface area contributed by atoms with Crippen LogP contribution in [0.3, 0.4) is 0 Å². The molecule has 7 heteroatoms. The van der Waals surface area contributed by atoms with E-state index >= 15 is 0 Å². The van der Waals surface area contributed by atoms with Crippen LogP contribution >= 0.6 is 12.4 Å². The predicted octanol–water partition coefficient (Wildman–Crippen LogP) is 1.49. The number of nitrogens with zero attached hydrogens (tertiary/aromatic N) is 1. The van der Waals surface area contributed by atoms with E-state index in [2.05, 4.69) is 5.32 Å². The molecule has 1 aliphatic rings. The minimum absolute atomic E-state index is 0. The van der Waals surface area contributed by atoms with Crippen molar-refractivity contribution in [3.05, 3.63) is 24.3 Å². The van der Waals surface area contributed by atoms with Crippen LogP contribution in [0, 0.1) is 0 Å². The van der Waals surface area contributed by atoms with Crippen LogP contribution in [0.15, 0.2) is 29.2 Å². The number of benzene rings is 1. The van der Waals surface area contributed by atoms with Gasteiger partial charge in [-0.05, 0) is 38.1 Å². The molecule has 0 spiro atoms. The van der Waals surface area contributed by atoms with Gasteiger partial charge in [-0.2, -0.15) is 4.31 Å². The predicted molar refractivity (Wildman–Crippen MR) is 81.1 cm³/mol. The molecule has 0 amide bonds. The third-order valence-corrected chi connectivity index (χ3v) is 5.07. The van der Waals surface area contributed by atoms with Crippen LogP contribution in [0.1, 0.15) is 13.8 Å². The van der Waals surface area contributed by atoms with Gasteiger partial charge in [0, 0.05) is 25.2 Å². The zero-order valence-corrected chi connectivity index (χ0v) is 13.5. The first-order chi connectivity index (χ1) is 8.93. The fourth-order valence-electron chi connectivity index (χ4n) is 2.37. The van der Waals surface area contributed by atoms with Gasteiger partial charge in [0.2, 0.25) is 10.0 Å². The summed E-state index contributed by atoms with van der Waals surface area (Å²) in [7, 11) is -1.86. The van der Waals surface area contributed by atoms with Gasteiger partial charge in [-0.25, -0.2) is 8.42 Å². The minimum atomic E-state index is -3.42. The first-order valence-electron chi connectivity index (χ1n) is 6.33. The number of methoxy groups -OCH3 is 1. The third kappa shape index (κ3) is 3.63. The van der Waals surface area contributed by atoms with Crippen LogP contribution in [-0.2, 0) is 10.0 Å². The average Bonchev–Trinajstić information content (AvgIpc) is 2.37. The van der Waals surface area contributed by atoms with Crippen molar-refractivity contribution in [2.45, 2.75) is 30.8 Å². The smallest absolute Gasteiger partial charge is 0.243 e. The Kier molecular flexibility index (Phi) is 5.82. The zero-order chi connectivity index (χ0) is 14.0. The summed E-state index contributed by atoms with van der Waals surface area (Å²) in [6.45, 7) is 4.98. The van der Waals surface area contributed by atoms with E-state index in [9.17, 15) is 8.42 Å². The Balaban J connectivity index is 0.00000200. The summed E-state index contributed by atoms with van der Waals surface area (Å²) < 4.78 is 31.7. The Labute approximate surface area is 126 Å². The molecule has 2 unspecified atom stereocenters. The summed E-state index contributed by atoms with van der Waals surface area (Å²) in [5, 5.41) is 3.32. The summed E-state index contributed by atoms with van der Waals surface area (Å²) in [6, 6.07) is 6.84. The topological polar surface area (TPSA) is 58.6 Å². The number of rotatable bonds is 3. The number of hydrogen-bond acceptors (Lipinski definition) is 4. The molecule has 0 saturated carbocycles. The highest BCUT2D eigenvalue weighted by Gasteiger charge is 2.31. The normalized spacial score (nSPS) is 23.9. The molecule has 20 heavy (non-hydrogen) atoms. The molecule has 2 rings (SSSR count). The quantitative estimate of drug-likeness (QED) is 0.916. The molecule has 1 heterocycles. The van der Waals surface area contributed by atoms with Gasteiger partial charge in [0.25, 0.3) is 0 Å². The highest BCUT2D eigenvalue weighted by Crippen LogP contribution is 2.21. The van der Waals surface area contributed by atoms with Crippen LogP contribution in [0.4, 0.5) is 0 Å². The fraction of sp³-hybridized carbons (Fsp3) is 0.538. The van der Waals surface area contributed by atoms with Crippen LogP contribution < -0.4 is 10.1 Å². The Morgan fingerprint density at radius 2 is 1.65 bits per heavy atom. The largest absolute Gasteiger partial charge is 0.497 e. The molecular formula is C13H21ClN2O3S. The summed E-state index contributed by atoms with van der Waals surface area (Å²) in [6.07, 6.45) is 0. The van der Waals surface area contributed by atoms with Gasteiger partial charge in [0.1, 0.15) is 5.75 Å². The van der Waals surface area contributed by atoms with Crippen molar-refractivity contribution in [3.63, 3.8) is 0 Å². The average molecular weight is 321 g/mol. The van der Waals surface area contributed by atoms with Crippen LogP contribution in [0.5, 0.6) is 5.75 Å². The van der Waals surface area contributed by atoms with E-state index in [0.29, 0.717) is 23.7 Å². The molecule has 0 bridgehead atoms. The fourth-order valence-corrected chi connectivity index (χ4v) is 3.99. The van der Waals surface area contributed by atoms with Gasteiger partial charge >= 0.3 is 0 Å². The number of hydrogen-bond donors (Lipinski definition) is 1. The summed E-state index contributed by atoms with van der Waals surface area (Å²) in [4.78, 5) is 0.314. The van der Waals surface area contributed by atoms with E-state index in [1.807, 2.05) is 13.8 Å². The summed E-state index contributed by atoms with van der Waals surface area (Å²) in [5.74, 6) is 0.654. The molecule has 1 aromatic carbocycles. The van der Waals surface area contributed by atoms with Crippen molar-refractivity contribution >= 4 is 22.4 Å². The second-order valence-electron chi connectivity index (χ2n) is 4.97. The highest BCUT2D eigenvalue weighted by atomic mass is 35.5. The van der Waals surface area contributed by atoms with E-state index in [1.54, 1.807) is 35.7 Å². The molecule has 1 aromatic rings. The molecule has 1 aliphatic heterocycles. The lowest BCUT2D eigenvalue weighted by Gasteiger charge is -2.35. The maximum Gasteiger partial charge on any atom is 0.243 e. The summed E-state index contributed by atoms with van der Waals surface area (Å²) >= 11 is 0. The van der Waals surface area contributed by atoms with Crippen molar-refractivity contribution < 1.29 is 13.2 Å². The lowest BCUT2D eigenvalue weighted by Crippen LogP contribution is -2.55. The SMILES string of the molecule is COc1ccc(S(=O)(=O)N2CC(C)NC(C)C2)cc1.Cl. The monoisotopic (exact) mass is 320 g/mol. The Bertz CT molecular complexity index is 523. The zero-order valence-electron chi connectivity index (χ0n) is 11.9. The van der Waals surface area contributed by atoms with E-state index in [0.717, 1.165) is 0 Å². The van der Waals surface area contributed by atoms with Gasteiger partial charge in [-0.1, -0.05) is 0 Å². The number of piperazine rings is 1. The van der Waals surface area contributed by atoms with Gasteiger partial charge in [-0.3, -0.25) is 0 Å². The van der Waals surface area contributed by atoms with Gasteiger partial charge < -0.3 is 10.1 Å². The number of sulfonamides is 1. The molecule has 1 fully saturated rings. The number of nitrogens with one attached hydrogen (secondary N) is 1. The van der Waals surface area contributed by atoms with Gasteiger partial charge in [-0.15, -0.1) is 12.4 Å². The second kappa shape index (κ2) is 6.76. The number of ether oxygens (including phenoxy) is 1. The maximum atomic E-state index is 12.5. The Morgan fingerprint density at radius 1 is 1.15 bits per heavy atom. The molecule has 5 nitrogen and oxygen atoms in total. The molecule has 1 N–H and O–H groups in total. The van der Waals surface area contributed by atoms with Crippen LogP contribution in [-0.4, -0.2) is 45.0 Å². The molecular weight excluding hydrogens is 300 g/mol. The van der Waals surface area contributed by atoms with Crippen LogP contribution in [0.25, 0.3) is 0 Å². The molecule has 0 aliphatic carbocycles. The number of halogens is 1. The van der Waals surface area contributed by atoms with E-state index in [-0.39, 0.29) is 24.5 Å². The van der Waals surface area contributed by atoms with Crippen molar-refractivity contribution in [2.75, 3.05) is 20.2 Å². The first-order valence-corrected chi connectivity index (χ1v) is 7.77. The lowest BCUT2D eigenvalue weighted by atomic mass is 10.2. The standard InChI is InChI=1S/C13H20N2O3S.ClH/c1-10-8-15(9-11(2)14-10)19(16,17)13-6-4-12(18-3)5-7-13;/h4-7,10-11,14H,8-9H2,1-3H3;1H. The van der Waals surface area contributed by atoms with Gasteiger partial charge in [0.05, 0.1) is 12.0 Å². The highest BCUT2D eigenvalue weighted by molar-refractivity contribution is 7.89. The minimum Gasteiger partial charge on any atom is -0.497 e. The van der Waals surface area contributed by atoms with E-state index in [4.69, 9.17) is 4.74 Å². The third-order valence-electron chi connectivity index (χ3n) is 3.22. The van der Waals surface area contributed by atoms with Crippen molar-refractivity contribution in [1.29, 1.82) is 0 Å². The van der Waals surface area contributed by atoms with Crippen LogP contribution in [0.2, 0.25) is 0 Å². The van der Waals surface area contributed by atoms with Gasteiger partial charge in [0.15, 0.2) is 0 Å². The molecule has 0 radical (unpaired) electrons. The molecule has 0 aromatic heterocycles. The van der Waals surface area contributed by atoms with E-state index in [1.165, 1.54) is 0 Å². The van der Waals surface area contributed by atoms with Crippen molar-refractivity contribution in [1.82, 2.24) is 9.62 Å². The van der Waals surface area contributed by atoms with Crippen molar-refractivity contribution in [3.8, 4) is 5.75 Å². The maximum absolute atomic E-state index is 12.5. The first kappa shape index (κ1) is 17.2. The van der Waals surface area contributed by atoms with E-state index < -0.39 is 10.0 Å². The Hall–Kier alpha value is -0.820. The lowest BCUT2D eigenvalue weighted by molar-refractivity contribution is 0.263. The van der Waals surface area contributed by atoms with Crippen molar-refractivity contribution in [2.24, 2.45) is 0 Å². The molecule has 114 valence electrons. The molecule has 1 saturated heterocycles. The second-order valence-corrected chi connectivity index (χ2v) is 6.90. The molecule has 2 atom stereocenters. The Morgan fingerprint density at radius 3 is 2.10 bits per heavy atom.